The van der Waals surface area contributed by atoms with Crippen molar-refractivity contribution in [3.8, 4) is 0 Å². The second-order valence-electron chi connectivity index (χ2n) is 4.74. The van der Waals surface area contributed by atoms with Crippen molar-refractivity contribution in [1.29, 1.82) is 0 Å². The largest absolute Gasteiger partial charge is 0.361 e. The van der Waals surface area contributed by atoms with E-state index in [-0.39, 0.29) is 5.60 Å². The minimum atomic E-state index is 0.119. The normalized spacial score (nSPS) is 40.4. The molecule has 1 nitrogen and oxygen atoms in total. The second kappa shape index (κ2) is 2.83. The topological polar surface area (TPSA) is 12.5 Å². The predicted molar refractivity (Wildman–Crippen MR) is 56.0 cm³/mol. The number of fused-ring (bicyclic) bond motifs is 1. The van der Waals surface area contributed by atoms with Crippen molar-refractivity contribution >= 4 is 0 Å². The van der Waals surface area contributed by atoms with Crippen LogP contribution in [-0.2, 0) is 10.3 Å². The van der Waals surface area contributed by atoms with Gasteiger partial charge < -0.3 is 4.74 Å². The van der Waals surface area contributed by atoms with Crippen LogP contribution in [0.1, 0.15) is 31.7 Å². The zero-order chi connectivity index (χ0) is 9.60. The minimum Gasteiger partial charge on any atom is -0.361 e. The first-order valence-corrected chi connectivity index (χ1v) is 5.54. The highest BCUT2D eigenvalue weighted by Crippen LogP contribution is 2.56. The molecule has 0 amide bonds. The first-order valence-electron chi connectivity index (χ1n) is 5.54. The molecule has 1 aliphatic carbocycles. The Morgan fingerprint density at radius 3 is 2.79 bits per heavy atom. The van der Waals surface area contributed by atoms with Gasteiger partial charge in [-0.2, -0.15) is 0 Å². The fourth-order valence-electron chi connectivity index (χ4n) is 2.74. The molecule has 1 saturated carbocycles. The van der Waals surface area contributed by atoms with Gasteiger partial charge in [-0.1, -0.05) is 37.3 Å². The zero-order valence-electron chi connectivity index (χ0n) is 8.57. The monoisotopic (exact) mass is 188 g/mol. The molecule has 0 N–H and O–H groups in total. The molecule has 1 aliphatic heterocycles. The number of epoxide rings is 1. The molecule has 3 rings (SSSR count). The molecule has 2 fully saturated rings. The lowest BCUT2D eigenvalue weighted by molar-refractivity contribution is 0.286. The molecule has 2 aliphatic rings. The Bertz CT molecular complexity index is 332. The summed E-state index contributed by atoms with van der Waals surface area (Å²) in [5.74, 6) is 0.847. The number of rotatable bonds is 1. The van der Waals surface area contributed by atoms with E-state index in [9.17, 15) is 0 Å². The first-order chi connectivity index (χ1) is 6.81. The van der Waals surface area contributed by atoms with Crippen LogP contribution in [0.15, 0.2) is 30.3 Å². The van der Waals surface area contributed by atoms with Crippen molar-refractivity contribution in [3.05, 3.63) is 35.9 Å². The molecule has 3 atom stereocenters. The molecule has 0 radical (unpaired) electrons. The third kappa shape index (κ3) is 1.12. The predicted octanol–water partition coefficient (Wildman–Crippen LogP) is 3.10. The third-order valence-corrected chi connectivity index (χ3v) is 3.70. The van der Waals surface area contributed by atoms with Gasteiger partial charge in [-0.25, -0.2) is 0 Å². The SMILES string of the molecule is C[C@@H]1CC[C@]2(c3ccccc3)O[C@@H]2C1. The second-order valence-corrected chi connectivity index (χ2v) is 4.74. The van der Waals surface area contributed by atoms with Crippen LogP contribution in [0, 0.1) is 5.92 Å². The van der Waals surface area contributed by atoms with Crippen LogP contribution in [0.4, 0.5) is 0 Å². The van der Waals surface area contributed by atoms with E-state index in [1.807, 2.05) is 0 Å². The highest BCUT2D eigenvalue weighted by molar-refractivity contribution is 5.30. The summed E-state index contributed by atoms with van der Waals surface area (Å²) in [7, 11) is 0. The first kappa shape index (κ1) is 8.49. The lowest BCUT2D eigenvalue weighted by Crippen LogP contribution is -2.21. The molecule has 74 valence electrons. The average Bonchev–Trinajstić information content (AvgIpc) is 2.94. The van der Waals surface area contributed by atoms with Crippen molar-refractivity contribution < 1.29 is 4.74 Å². The average molecular weight is 188 g/mol. The van der Waals surface area contributed by atoms with Gasteiger partial charge in [0.25, 0.3) is 0 Å². The maximum atomic E-state index is 5.92. The molecule has 1 saturated heterocycles. The van der Waals surface area contributed by atoms with Gasteiger partial charge in [-0.3, -0.25) is 0 Å². The van der Waals surface area contributed by atoms with Crippen LogP contribution in [0.2, 0.25) is 0 Å². The molecular formula is C13H16O. The third-order valence-electron chi connectivity index (χ3n) is 3.70. The van der Waals surface area contributed by atoms with Crippen LogP contribution in [0.3, 0.4) is 0 Å². The summed E-state index contributed by atoms with van der Waals surface area (Å²) < 4.78 is 5.92. The molecule has 0 bridgehead atoms. The van der Waals surface area contributed by atoms with E-state index in [4.69, 9.17) is 4.74 Å². The quantitative estimate of drug-likeness (QED) is 0.617. The molecule has 1 heterocycles. The maximum absolute atomic E-state index is 5.92. The number of hydrogen-bond donors (Lipinski definition) is 0. The van der Waals surface area contributed by atoms with Crippen molar-refractivity contribution in [2.45, 2.75) is 37.9 Å². The van der Waals surface area contributed by atoms with E-state index in [1.54, 1.807) is 0 Å². The fourth-order valence-corrected chi connectivity index (χ4v) is 2.74. The molecule has 14 heavy (non-hydrogen) atoms. The van der Waals surface area contributed by atoms with Gasteiger partial charge in [0.15, 0.2) is 0 Å². The Hall–Kier alpha value is -0.820. The molecule has 1 aromatic carbocycles. The Morgan fingerprint density at radius 1 is 1.29 bits per heavy atom. The van der Waals surface area contributed by atoms with E-state index in [0.717, 1.165) is 5.92 Å². The number of hydrogen-bond acceptors (Lipinski definition) is 1. The Kier molecular flexibility index (Phi) is 1.72. The van der Waals surface area contributed by atoms with Crippen LogP contribution in [0.25, 0.3) is 0 Å². The van der Waals surface area contributed by atoms with Gasteiger partial charge in [-0.05, 0) is 30.7 Å². The van der Waals surface area contributed by atoms with Gasteiger partial charge in [0.2, 0.25) is 0 Å². The van der Waals surface area contributed by atoms with Crippen molar-refractivity contribution in [2.75, 3.05) is 0 Å². The van der Waals surface area contributed by atoms with Crippen LogP contribution >= 0.6 is 0 Å². The smallest absolute Gasteiger partial charge is 0.120 e. The van der Waals surface area contributed by atoms with Gasteiger partial charge in [0.1, 0.15) is 5.60 Å². The molecule has 0 aromatic heterocycles. The Balaban J connectivity index is 1.88. The van der Waals surface area contributed by atoms with E-state index in [2.05, 4.69) is 37.3 Å². The summed E-state index contributed by atoms with van der Waals surface area (Å²) in [5.41, 5.74) is 1.50. The highest BCUT2D eigenvalue weighted by Gasteiger charge is 2.59. The highest BCUT2D eigenvalue weighted by atomic mass is 16.6. The van der Waals surface area contributed by atoms with Crippen LogP contribution < -0.4 is 0 Å². The number of ether oxygens (including phenoxy) is 1. The Labute approximate surface area is 85.1 Å². The summed E-state index contributed by atoms with van der Waals surface area (Å²) >= 11 is 0. The number of benzene rings is 1. The summed E-state index contributed by atoms with van der Waals surface area (Å²) in [6, 6.07) is 10.7. The summed E-state index contributed by atoms with van der Waals surface area (Å²) in [5, 5.41) is 0. The zero-order valence-corrected chi connectivity index (χ0v) is 8.57. The molecule has 0 spiro atoms. The van der Waals surface area contributed by atoms with Gasteiger partial charge in [0, 0.05) is 0 Å². The summed E-state index contributed by atoms with van der Waals surface area (Å²) in [6.07, 6.45) is 4.28. The lowest BCUT2D eigenvalue weighted by atomic mass is 9.79. The van der Waals surface area contributed by atoms with E-state index >= 15 is 0 Å². The maximum Gasteiger partial charge on any atom is 0.120 e. The Morgan fingerprint density at radius 2 is 2.07 bits per heavy atom. The van der Waals surface area contributed by atoms with Gasteiger partial charge in [0.05, 0.1) is 6.10 Å². The van der Waals surface area contributed by atoms with Crippen LogP contribution in [-0.4, -0.2) is 6.10 Å². The van der Waals surface area contributed by atoms with Crippen molar-refractivity contribution in [2.24, 2.45) is 5.92 Å². The van der Waals surface area contributed by atoms with E-state index in [0.29, 0.717) is 6.10 Å². The lowest BCUT2D eigenvalue weighted by Gasteiger charge is -2.21. The fraction of sp³-hybridized carbons (Fsp3) is 0.538. The standard InChI is InChI=1S/C13H16O/c1-10-7-8-13(12(9-10)14-13)11-5-3-2-4-6-11/h2-6,10,12H,7-9H2,1H3/t10-,12-,13-/m1/s1. The molecule has 0 unspecified atom stereocenters. The van der Waals surface area contributed by atoms with E-state index in [1.165, 1.54) is 24.8 Å². The molecule has 1 heteroatoms. The molecular weight excluding hydrogens is 172 g/mol. The van der Waals surface area contributed by atoms with Gasteiger partial charge >= 0.3 is 0 Å². The van der Waals surface area contributed by atoms with Gasteiger partial charge in [-0.15, -0.1) is 0 Å². The van der Waals surface area contributed by atoms with E-state index < -0.39 is 0 Å². The summed E-state index contributed by atoms with van der Waals surface area (Å²) in [4.78, 5) is 0. The van der Waals surface area contributed by atoms with Crippen molar-refractivity contribution in [1.82, 2.24) is 0 Å². The minimum absolute atomic E-state index is 0.119. The molecule has 1 aromatic rings. The summed E-state index contributed by atoms with van der Waals surface area (Å²) in [6.45, 7) is 2.33. The van der Waals surface area contributed by atoms with Crippen molar-refractivity contribution in [3.63, 3.8) is 0 Å². The van der Waals surface area contributed by atoms with Crippen LogP contribution in [0.5, 0.6) is 0 Å².